The quantitative estimate of drug-likeness (QED) is 0.251. The summed E-state index contributed by atoms with van der Waals surface area (Å²) in [5.74, 6) is 1.64. The molecule has 0 radical (unpaired) electrons. The topological polar surface area (TPSA) is 69.0 Å². The molecule has 0 unspecified atom stereocenters. The molecule has 0 aliphatic rings. The molecule has 0 bridgehead atoms. The van der Waals surface area contributed by atoms with E-state index in [4.69, 9.17) is 4.74 Å². The number of thioether (sulfide) groups is 1. The van der Waals surface area contributed by atoms with Crippen molar-refractivity contribution in [2.45, 2.75) is 25.2 Å². The highest BCUT2D eigenvalue weighted by Crippen LogP contribution is 2.27. The Balaban J connectivity index is 1.34. The lowest BCUT2D eigenvalue weighted by molar-refractivity contribution is -0.113. The lowest BCUT2D eigenvalue weighted by atomic mass is 10.1. The summed E-state index contributed by atoms with van der Waals surface area (Å²) in [7, 11) is 0. The predicted molar refractivity (Wildman–Crippen MR) is 144 cm³/mol. The lowest BCUT2D eigenvalue weighted by Crippen LogP contribution is -2.16. The van der Waals surface area contributed by atoms with Gasteiger partial charge in [0.25, 0.3) is 0 Å². The fourth-order valence-corrected chi connectivity index (χ4v) is 4.71. The first-order valence-corrected chi connectivity index (χ1v) is 12.7. The van der Waals surface area contributed by atoms with Gasteiger partial charge in [-0.2, -0.15) is 0 Å². The van der Waals surface area contributed by atoms with Gasteiger partial charge in [-0.1, -0.05) is 96.7 Å². The largest absolute Gasteiger partial charge is 0.485 e. The van der Waals surface area contributed by atoms with Gasteiger partial charge in [-0.05, 0) is 35.6 Å². The van der Waals surface area contributed by atoms with Gasteiger partial charge in [-0.15, -0.1) is 10.2 Å². The van der Waals surface area contributed by atoms with Gasteiger partial charge in [0, 0.05) is 11.1 Å². The summed E-state index contributed by atoms with van der Waals surface area (Å²) in [4.78, 5) is 12.6. The molecule has 4 aromatic carbocycles. The highest BCUT2D eigenvalue weighted by Gasteiger charge is 2.16. The molecule has 6 nitrogen and oxygen atoms in total. The van der Waals surface area contributed by atoms with Crippen molar-refractivity contribution in [1.82, 2.24) is 14.8 Å². The Labute approximate surface area is 214 Å². The molecule has 5 rings (SSSR count). The van der Waals surface area contributed by atoms with E-state index in [0.29, 0.717) is 17.5 Å². The van der Waals surface area contributed by atoms with Crippen LogP contribution in [0.1, 0.15) is 17.0 Å². The van der Waals surface area contributed by atoms with Crippen LogP contribution in [0, 0.1) is 6.92 Å². The number of nitrogens with zero attached hydrogens (tertiary/aromatic N) is 3. The summed E-state index contributed by atoms with van der Waals surface area (Å²) >= 11 is 1.37. The van der Waals surface area contributed by atoms with Crippen LogP contribution in [0.3, 0.4) is 0 Å². The zero-order chi connectivity index (χ0) is 24.7. The molecule has 0 aliphatic carbocycles. The van der Waals surface area contributed by atoms with Crippen LogP contribution in [0.15, 0.2) is 102 Å². The molecule has 0 saturated carbocycles. The van der Waals surface area contributed by atoms with Crippen LogP contribution < -0.4 is 10.1 Å². The molecule has 0 aliphatic heterocycles. The van der Waals surface area contributed by atoms with Crippen molar-refractivity contribution in [3.8, 4) is 5.75 Å². The van der Waals surface area contributed by atoms with E-state index in [9.17, 15) is 4.79 Å². The maximum absolute atomic E-state index is 12.6. The molecule has 36 heavy (non-hydrogen) atoms. The second-order valence-electron chi connectivity index (χ2n) is 8.39. The van der Waals surface area contributed by atoms with E-state index in [1.54, 1.807) is 0 Å². The number of benzene rings is 4. The van der Waals surface area contributed by atoms with Crippen molar-refractivity contribution in [3.05, 3.63) is 114 Å². The second-order valence-corrected chi connectivity index (χ2v) is 9.33. The van der Waals surface area contributed by atoms with E-state index >= 15 is 0 Å². The van der Waals surface area contributed by atoms with Gasteiger partial charge in [-0.25, -0.2) is 0 Å². The zero-order valence-corrected chi connectivity index (χ0v) is 20.7. The predicted octanol–water partition coefficient (Wildman–Crippen LogP) is 6.10. The average Bonchev–Trinajstić information content (AvgIpc) is 3.29. The van der Waals surface area contributed by atoms with Crippen LogP contribution in [0.2, 0.25) is 0 Å². The molecule has 180 valence electrons. The van der Waals surface area contributed by atoms with Crippen molar-refractivity contribution in [2.75, 3.05) is 11.1 Å². The normalized spacial score (nSPS) is 10.9. The number of aromatic nitrogens is 3. The van der Waals surface area contributed by atoms with E-state index in [1.165, 1.54) is 11.8 Å². The van der Waals surface area contributed by atoms with Gasteiger partial charge in [-0.3, -0.25) is 9.36 Å². The molecule has 1 N–H and O–H groups in total. The summed E-state index contributed by atoms with van der Waals surface area (Å²) in [6.07, 6.45) is 0. The molecular formula is C29H26N4O2S. The second kappa shape index (κ2) is 11.1. The molecule has 5 aromatic rings. The first-order valence-electron chi connectivity index (χ1n) is 11.7. The molecule has 0 spiro atoms. The summed E-state index contributed by atoms with van der Waals surface area (Å²) in [5.41, 5.74) is 2.96. The van der Waals surface area contributed by atoms with Crippen LogP contribution in [-0.4, -0.2) is 26.4 Å². The monoisotopic (exact) mass is 494 g/mol. The number of carbonyl (C=O) groups is 1. The van der Waals surface area contributed by atoms with Crippen LogP contribution in [0.4, 0.5) is 5.69 Å². The highest BCUT2D eigenvalue weighted by molar-refractivity contribution is 7.99. The Kier molecular flexibility index (Phi) is 7.28. The highest BCUT2D eigenvalue weighted by atomic mass is 32.2. The van der Waals surface area contributed by atoms with Crippen LogP contribution in [0.5, 0.6) is 5.75 Å². The summed E-state index contributed by atoms with van der Waals surface area (Å²) in [6, 6.07) is 32.0. The first kappa shape index (κ1) is 23.6. The van der Waals surface area contributed by atoms with Crippen molar-refractivity contribution >= 4 is 34.1 Å². The SMILES string of the molecule is Cc1ccccc1NC(=O)CSc1nnc(COc2cccc3ccccc23)n1Cc1ccccc1. The molecule has 1 aromatic heterocycles. The number of rotatable bonds is 9. The number of hydrogen-bond acceptors (Lipinski definition) is 5. The Morgan fingerprint density at radius 3 is 2.50 bits per heavy atom. The Morgan fingerprint density at radius 1 is 0.889 bits per heavy atom. The fourth-order valence-electron chi connectivity index (χ4n) is 3.95. The van der Waals surface area contributed by atoms with Gasteiger partial charge in [0.2, 0.25) is 5.91 Å². The zero-order valence-electron chi connectivity index (χ0n) is 19.9. The Hall–Kier alpha value is -4.10. The minimum absolute atomic E-state index is 0.0860. The summed E-state index contributed by atoms with van der Waals surface area (Å²) in [5, 5.41) is 14.6. The number of amides is 1. The van der Waals surface area contributed by atoms with E-state index in [2.05, 4.69) is 39.8 Å². The number of ether oxygens (including phenoxy) is 1. The molecule has 7 heteroatoms. The summed E-state index contributed by atoms with van der Waals surface area (Å²) in [6.45, 7) is 2.83. The van der Waals surface area contributed by atoms with Gasteiger partial charge >= 0.3 is 0 Å². The number of anilines is 1. The molecule has 0 saturated heterocycles. The molecule has 0 atom stereocenters. The smallest absolute Gasteiger partial charge is 0.234 e. The van der Waals surface area contributed by atoms with Gasteiger partial charge in [0.1, 0.15) is 12.4 Å². The third-order valence-electron chi connectivity index (χ3n) is 5.83. The molecule has 1 heterocycles. The van der Waals surface area contributed by atoms with Crippen LogP contribution in [-0.2, 0) is 17.9 Å². The van der Waals surface area contributed by atoms with E-state index in [-0.39, 0.29) is 18.3 Å². The maximum Gasteiger partial charge on any atom is 0.234 e. The fraction of sp³-hybridized carbons (Fsp3) is 0.138. The van der Waals surface area contributed by atoms with Crippen molar-refractivity contribution in [3.63, 3.8) is 0 Å². The lowest BCUT2D eigenvalue weighted by Gasteiger charge is -2.13. The minimum atomic E-state index is -0.0860. The third-order valence-corrected chi connectivity index (χ3v) is 6.80. The molecule has 0 fully saturated rings. The van der Waals surface area contributed by atoms with E-state index < -0.39 is 0 Å². The number of para-hydroxylation sites is 1. The van der Waals surface area contributed by atoms with Crippen molar-refractivity contribution < 1.29 is 9.53 Å². The average molecular weight is 495 g/mol. The first-order chi connectivity index (χ1) is 17.7. The third kappa shape index (κ3) is 5.58. The Bertz CT molecular complexity index is 1480. The van der Waals surface area contributed by atoms with Crippen molar-refractivity contribution in [1.29, 1.82) is 0 Å². The number of hydrogen-bond donors (Lipinski definition) is 1. The number of fused-ring (bicyclic) bond motifs is 1. The van der Waals surface area contributed by atoms with E-state index in [1.807, 2.05) is 84.3 Å². The molecular weight excluding hydrogens is 468 g/mol. The van der Waals surface area contributed by atoms with Gasteiger partial charge < -0.3 is 10.1 Å². The molecule has 1 amide bonds. The van der Waals surface area contributed by atoms with E-state index in [0.717, 1.165) is 33.3 Å². The Morgan fingerprint density at radius 2 is 1.64 bits per heavy atom. The maximum atomic E-state index is 12.6. The summed E-state index contributed by atoms with van der Waals surface area (Å²) < 4.78 is 8.22. The minimum Gasteiger partial charge on any atom is -0.485 e. The van der Waals surface area contributed by atoms with Gasteiger partial charge in [0.15, 0.2) is 11.0 Å². The standard InChI is InChI=1S/C29H26N4O2S/c1-21-10-5-8-16-25(21)30-28(34)20-36-29-32-31-27(33(29)18-22-11-3-2-4-12-22)19-35-26-17-9-14-23-13-6-7-15-24(23)26/h2-17H,18-20H2,1H3,(H,30,34). The van der Waals surface area contributed by atoms with Crippen LogP contribution >= 0.6 is 11.8 Å². The van der Waals surface area contributed by atoms with Crippen molar-refractivity contribution in [2.24, 2.45) is 0 Å². The van der Waals surface area contributed by atoms with Crippen LogP contribution in [0.25, 0.3) is 10.8 Å². The number of nitrogens with one attached hydrogen (secondary N) is 1. The van der Waals surface area contributed by atoms with Gasteiger partial charge in [0.05, 0.1) is 12.3 Å². The number of aryl methyl sites for hydroxylation is 1. The number of carbonyl (C=O) groups excluding carboxylic acids is 1.